The van der Waals surface area contributed by atoms with E-state index in [1.807, 2.05) is 6.08 Å². The first-order valence-corrected chi connectivity index (χ1v) is 20.9. The van der Waals surface area contributed by atoms with Crippen molar-refractivity contribution in [2.75, 3.05) is 6.61 Å². The van der Waals surface area contributed by atoms with E-state index in [9.17, 15) is 15.0 Å². The molecule has 4 nitrogen and oxygen atoms in total. The van der Waals surface area contributed by atoms with Gasteiger partial charge < -0.3 is 15.5 Å². The zero-order chi connectivity index (χ0) is 33.6. The molecule has 0 saturated heterocycles. The standard InChI is InChI=1S/C42H83NO3/c1-3-5-7-9-11-13-15-17-19-21-22-24-26-28-30-32-34-36-38-42(46)43-40(39-44)41(45)37-35-33-31-29-27-25-23-20-18-16-14-12-10-8-6-4-2/h35,37,40-41,44-45H,3-34,36,38-39H2,1-2H3,(H,43,46)/b37-35+. The number of allylic oxidation sites excluding steroid dienone is 1. The fraction of sp³-hybridized carbons (Fsp3) is 0.929. The van der Waals surface area contributed by atoms with E-state index < -0.39 is 12.1 Å². The van der Waals surface area contributed by atoms with Crippen LogP contribution >= 0.6 is 0 Å². The van der Waals surface area contributed by atoms with Crippen molar-refractivity contribution in [2.45, 2.75) is 244 Å². The molecular weight excluding hydrogens is 566 g/mol. The van der Waals surface area contributed by atoms with Crippen molar-refractivity contribution in [3.63, 3.8) is 0 Å². The zero-order valence-corrected chi connectivity index (χ0v) is 31.4. The zero-order valence-electron chi connectivity index (χ0n) is 31.4. The Morgan fingerprint density at radius 2 is 0.804 bits per heavy atom. The molecule has 0 radical (unpaired) electrons. The summed E-state index contributed by atoms with van der Waals surface area (Å²) in [5.74, 6) is -0.0602. The molecular formula is C42H83NO3. The SMILES string of the molecule is CCCCCCCCCCCCCCCC/C=C/C(O)C(CO)NC(=O)CCCCCCCCCCCCCCCCCCCC. The molecule has 0 aliphatic carbocycles. The largest absolute Gasteiger partial charge is 0.394 e. The number of amides is 1. The Balaban J connectivity index is 3.54. The van der Waals surface area contributed by atoms with Crippen molar-refractivity contribution in [3.8, 4) is 0 Å². The van der Waals surface area contributed by atoms with Gasteiger partial charge in [0.2, 0.25) is 5.91 Å². The predicted octanol–water partition coefficient (Wildman–Crippen LogP) is 12.7. The Morgan fingerprint density at radius 3 is 1.13 bits per heavy atom. The molecule has 0 bridgehead atoms. The summed E-state index contributed by atoms with van der Waals surface area (Å²) in [5, 5.41) is 23.0. The number of aliphatic hydroxyl groups is 2. The third-order valence-electron chi connectivity index (χ3n) is 9.77. The van der Waals surface area contributed by atoms with Gasteiger partial charge in [-0.25, -0.2) is 0 Å². The first-order chi connectivity index (χ1) is 22.7. The van der Waals surface area contributed by atoms with E-state index >= 15 is 0 Å². The Bertz CT molecular complexity index is 622. The lowest BCUT2D eigenvalue weighted by Crippen LogP contribution is -2.45. The van der Waals surface area contributed by atoms with Gasteiger partial charge in [0.1, 0.15) is 0 Å². The predicted molar refractivity (Wildman–Crippen MR) is 202 cm³/mol. The van der Waals surface area contributed by atoms with E-state index in [1.54, 1.807) is 6.08 Å². The quantitative estimate of drug-likeness (QED) is 0.0460. The highest BCUT2D eigenvalue weighted by Crippen LogP contribution is 2.16. The summed E-state index contributed by atoms with van der Waals surface area (Å²) in [6.45, 7) is 4.32. The molecule has 0 heterocycles. The Morgan fingerprint density at radius 1 is 0.500 bits per heavy atom. The number of hydrogen-bond donors (Lipinski definition) is 3. The fourth-order valence-electron chi connectivity index (χ4n) is 6.53. The van der Waals surface area contributed by atoms with Gasteiger partial charge in [0.15, 0.2) is 0 Å². The molecule has 0 aliphatic rings. The lowest BCUT2D eigenvalue weighted by Gasteiger charge is -2.20. The second-order valence-electron chi connectivity index (χ2n) is 14.4. The fourth-order valence-corrected chi connectivity index (χ4v) is 6.53. The van der Waals surface area contributed by atoms with Gasteiger partial charge in [-0.15, -0.1) is 0 Å². The van der Waals surface area contributed by atoms with Gasteiger partial charge in [0.25, 0.3) is 0 Å². The second-order valence-corrected chi connectivity index (χ2v) is 14.4. The summed E-state index contributed by atoms with van der Waals surface area (Å²) >= 11 is 0. The van der Waals surface area contributed by atoms with E-state index in [4.69, 9.17) is 0 Å². The van der Waals surface area contributed by atoms with Gasteiger partial charge in [-0.1, -0.05) is 219 Å². The average molecular weight is 650 g/mol. The molecule has 0 spiro atoms. The van der Waals surface area contributed by atoms with Crippen LogP contribution in [0, 0.1) is 0 Å². The summed E-state index contributed by atoms with van der Waals surface area (Å²) in [5.41, 5.74) is 0. The van der Waals surface area contributed by atoms with Crippen LogP contribution in [-0.2, 0) is 4.79 Å². The van der Waals surface area contributed by atoms with E-state index in [0.29, 0.717) is 6.42 Å². The van der Waals surface area contributed by atoms with Crippen LogP contribution in [0.3, 0.4) is 0 Å². The number of nitrogens with one attached hydrogen (secondary N) is 1. The summed E-state index contributed by atoms with van der Waals surface area (Å²) in [7, 11) is 0. The number of carbonyl (C=O) groups excluding carboxylic acids is 1. The molecule has 0 saturated carbocycles. The maximum atomic E-state index is 12.4. The number of aliphatic hydroxyl groups excluding tert-OH is 2. The molecule has 4 heteroatoms. The van der Waals surface area contributed by atoms with Crippen molar-refractivity contribution in [1.82, 2.24) is 5.32 Å². The van der Waals surface area contributed by atoms with Gasteiger partial charge in [0, 0.05) is 6.42 Å². The molecule has 0 aliphatic heterocycles. The average Bonchev–Trinajstić information content (AvgIpc) is 3.06. The van der Waals surface area contributed by atoms with Crippen molar-refractivity contribution < 1.29 is 15.0 Å². The van der Waals surface area contributed by atoms with Crippen LogP contribution in [0.15, 0.2) is 12.2 Å². The third kappa shape index (κ3) is 34.5. The van der Waals surface area contributed by atoms with Crippen LogP contribution < -0.4 is 5.32 Å². The summed E-state index contributed by atoms with van der Waals surface area (Å²) < 4.78 is 0. The third-order valence-corrected chi connectivity index (χ3v) is 9.77. The molecule has 2 atom stereocenters. The smallest absolute Gasteiger partial charge is 0.220 e. The number of carbonyl (C=O) groups is 1. The number of unbranched alkanes of at least 4 members (excludes halogenated alkanes) is 31. The summed E-state index contributed by atoms with van der Waals surface area (Å²) in [4.78, 5) is 12.4. The van der Waals surface area contributed by atoms with Gasteiger partial charge in [-0.3, -0.25) is 4.79 Å². The van der Waals surface area contributed by atoms with Gasteiger partial charge in [-0.2, -0.15) is 0 Å². The topological polar surface area (TPSA) is 69.6 Å². The Kier molecular flexibility index (Phi) is 37.8. The highest BCUT2D eigenvalue weighted by atomic mass is 16.3. The minimum absolute atomic E-state index is 0.0602. The minimum atomic E-state index is -0.832. The molecule has 0 aromatic heterocycles. The van der Waals surface area contributed by atoms with E-state index in [2.05, 4.69) is 19.2 Å². The molecule has 0 aromatic carbocycles. The molecule has 46 heavy (non-hydrogen) atoms. The minimum Gasteiger partial charge on any atom is -0.394 e. The highest BCUT2D eigenvalue weighted by molar-refractivity contribution is 5.76. The van der Waals surface area contributed by atoms with Crippen LogP contribution in [-0.4, -0.2) is 34.9 Å². The maximum absolute atomic E-state index is 12.4. The van der Waals surface area contributed by atoms with Crippen molar-refractivity contribution in [3.05, 3.63) is 12.2 Å². The molecule has 274 valence electrons. The van der Waals surface area contributed by atoms with Gasteiger partial charge in [-0.05, 0) is 19.3 Å². The molecule has 0 aromatic rings. The van der Waals surface area contributed by atoms with Crippen LogP contribution in [0.4, 0.5) is 0 Å². The molecule has 0 fully saturated rings. The maximum Gasteiger partial charge on any atom is 0.220 e. The molecule has 2 unspecified atom stereocenters. The Hall–Kier alpha value is -0.870. The van der Waals surface area contributed by atoms with E-state index in [0.717, 1.165) is 25.7 Å². The van der Waals surface area contributed by atoms with Crippen LogP contribution in [0.2, 0.25) is 0 Å². The van der Waals surface area contributed by atoms with Gasteiger partial charge in [0.05, 0.1) is 18.8 Å². The summed E-state index contributed by atoms with van der Waals surface area (Å²) in [6, 6.07) is -0.615. The lowest BCUT2D eigenvalue weighted by molar-refractivity contribution is -0.123. The lowest BCUT2D eigenvalue weighted by atomic mass is 10.0. The van der Waals surface area contributed by atoms with Crippen molar-refractivity contribution >= 4 is 5.91 Å². The van der Waals surface area contributed by atoms with Crippen LogP contribution in [0.25, 0.3) is 0 Å². The first kappa shape index (κ1) is 45.1. The monoisotopic (exact) mass is 650 g/mol. The van der Waals surface area contributed by atoms with Crippen LogP contribution in [0.1, 0.15) is 232 Å². The molecule has 3 N–H and O–H groups in total. The number of hydrogen-bond acceptors (Lipinski definition) is 3. The van der Waals surface area contributed by atoms with Crippen LogP contribution in [0.5, 0.6) is 0 Å². The van der Waals surface area contributed by atoms with E-state index in [1.165, 1.54) is 186 Å². The number of rotatable bonds is 38. The summed E-state index contributed by atoms with van der Waals surface area (Å²) in [6.07, 6.45) is 47.4. The van der Waals surface area contributed by atoms with Gasteiger partial charge >= 0.3 is 0 Å². The van der Waals surface area contributed by atoms with Crippen molar-refractivity contribution in [2.24, 2.45) is 0 Å². The molecule has 0 rings (SSSR count). The Labute approximate surface area is 288 Å². The second kappa shape index (κ2) is 38.6. The molecule has 1 amide bonds. The highest BCUT2D eigenvalue weighted by Gasteiger charge is 2.17. The van der Waals surface area contributed by atoms with E-state index in [-0.39, 0.29) is 12.5 Å². The van der Waals surface area contributed by atoms with Crippen molar-refractivity contribution in [1.29, 1.82) is 0 Å². The normalized spacial score (nSPS) is 13.0. The first-order valence-electron chi connectivity index (χ1n) is 20.9.